The molecule has 8 rings (SSSR count). The number of nitrogens with zero attached hydrogens (tertiary/aromatic N) is 4. The summed E-state index contributed by atoms with van der Waals surface area (Å²) in [5.74, 6) is 1.87. The molecule has 4 aromatic rings. The Morgan fingerprint density at radius 1 is 0.821 bits per heavy atom. The normalized spacial score (nSPS) is 19.2. The van der Waals surface area contributed by atoms with E-state index >= 15 is 0 Å². The van der Waals surface area contributed by atoms with Gasteiger partial charge in [0.1, 0.15) is 36.1 Å². The van der Waals surface area contributed by atoms with Crippen molar-refractivity contribution in [1.29, 1.82) is 0 Å². The van der Waals surface area contributed by atoms with Crippen molar-refractivity contribution in [2.24, 2.45) is 5.92 Å². The molecule has 2 fully saturated rings. The van der Waals surface area contributed by atoms with Crippen LogP contribution in [0.4, 0.5) is 9.59 Å². The van der Waals surface area contributed by atoms with E-state index in [2.05, 4.69) is 55.7 Å². The van der Waals surface area contributed by atoms with Crippen molar-refractivity contribution in [3.05, 3.63) is 65.0 Å². The average Bonchev–Trinajstić information content (AvgIpc) is 4.04. The van der Waals surface area contributed by atoms with Gasteiger partial charge in [0.2, 0.25) is 11.8 Å². The molecule has 0 radical (unpaired) electrons. The van der Waals surface area contributed by atoms with Gasteiger partial charge in [0.25, 0.3) is 0 Å². The molecule has 0 spiro atoms. The minimum absolute atomic E-state index is 0.112. The van der Waals surface area contributed by atoms with Gasteiger partial charge in [0.15, 0.2) is 0 Å². The Labute approximate surface area is 324 Å². The lowest BCUT2D eigenvalue weighted by molar-refractivity contribution is -0.135. The van der Waals surface area contributed by atoms with Gasteiger partial charge in [0, 0.05) is 29.9 Å². The molecule has 4 amide bonds. The van der Waals surface area contributed by atoms with Gasteiger partial charge in [-0.1, -0.05) is 26.0 Å². The number of likely N-dealkylation sites (tertiary alicyclic amines) is 2. The SMILES string of the molecule is COC(=O)NC(C(=O)N1CCC[C@H]1c1ncc(-c2ccc3c(c2)COc2cc4c(cc2-3)CCc2[nH]c([C@@H]3CCCN3C(=O)[C@@H](C)NC(=O)OC)nc2-4)[nH]1)C(C)C. The van der Waals surface area contributed by atoms with Gasteiger partial charge in [-0.25, -0.2) is 19.6 Å². The molecular formula is C41H48N8O7. The lowest BCUT2D eigenvalue weighted by Gasteiger charge is -2.30. The number of hydrogen-bond donors (Lipinski definition) is 4. The number of methoxy groups -OCH3 is 2. The van der Waals surface area contributed by atoms with E-state index in [4.69, 9.17) is 19.4 Å². The van der Waals surface area contributed by atoms with Crippen molar-refractivity contribution in [3.8, 4) is 39.4 Å². The van der Waals surface area contributed by atoms with Crippen LogP contribution < -0.4 is 15.4 Å². The molecule has 4 atom stereocenters. The first-order valence-corrected chi connectivity index (χ1v) is 19.4. The van der Waals surface area contributed by atoms with Gasteiger partial charge in [0.05, 0.1) is 43.9 Å². The molecule has 2 aromatic carbocycles. The van der Waals surface area contributed by atoms with E-state index < -0.39 is 24.3 Å². The fraction of sp³-hybridized carbons (Fsp3) is 0.463. The van der Waals surface area contributed by atoms with E-state index in [0.29, 0.717) is 19.7 Å². The topological polar surface area (TPSA) is 184 Å². The summed E-state index contributed by atoms with van der Waals surface area (Å²) < 4.78 is 15.9. The van der Waals surface area contributed by atoms with Crippen LogP contribution in [0.2, 0.25) is 0 Å². The molecule has 1 unspecified atom stereocenters. The Morgan fingerprint density at radius 3 is 2.27 bits per heavy atom. The highest BCUT2D eigenvalue weighted by atomic mass is 16.5. The monoisotopic (exact) mass is 764 g/mol. The summed E-state index contributed by atoms with van der Waals surface area (Å²) in [6, 6.07) is 8.86. The fourth-order valence-corrected chi connectivity index (χ4v) is 8.64. The number of ether oxygens (including phenoxy) is 3. The molecule has 4 N–H and O–H groups in total. The second-order valence-corrected chi connectivity index (χ2v) is 15.4. The lowest BCUT2D eigenvalue weighted by atomic mass is 9.86. The number of H-pyrrole nitrogens is 2. The van der Waals surface area contributed by atoms with Crippen LogP contribution >= 0.6 is 0 Å². The van der Waals surface area contributed by atoms with Crippen molar-refractivity contribution in [1.82, 2.24) is 40.4 Å². The van der Waals surface area contributed by atoms with Crippen molar-refractivity contribution in [2.75, 3.05) is 27.3 Å². The predicted molar refractivity (Wildman–Crippen MR) is 205 cm³/mol. The number of aromatic amines is 2. The lowest BCUT2D eigenvalue weighted by Crippen LogP contribution is -2.51. The summed E-state index contributed by atoms with van der Waals surface area (Å²) in [5.41, 5.74) is 9.23. The number of alkyl carbamates (subject to hydrolysis) is 2. The second-order valence-electron chi connectivity index (χ2n) is 15.4. The first-order valence-electron chi connectivity index (χ1n) is 19.4. The van der Waals surface area contributed by atoms with Crippen molar-refractivity contribution in [2.45, 2.75) is 90.1 Å². The van der Waals surface area contributed by atoms with E-state index in [1.165, 1.54) is 19.8 Å². The second kappa shape index (κ2) is 15.0. The molecule has 5 heterocycles. The van der Waals surface area contributed by atoms with Gasteiger partial charge in [-0.3, -0.25) is 9.59 Å². The van der Waals surface area contributed by atoms with E-state index in [1.807, 2.05) is 24.9 Å². The standard InChI is InChI=1S/C41H48N8O7/c1-21(2)34(47-41(53)55-5)39(51)49-15-6-8-31(49)36-42-19-30(45-36)24-10-12-26-25(16-24)20-56-33-18-27-23(17-28(26)33)11-13-29-35(27)46-37(44-29)32-9-7-14-48(32)38(50)22(3)43-40(52)54-4/h10,12,16-19,21-22,31-32,34H,6-9,11,13-15,20H2,1-5H3,(H,42,45)(H,43,52)(H,44,46)(H,47,53)/t22-,31+,32+,34?/m1/s1. The van der Waals surface area contributed by atoms with Crippen LogP contribution in [-0.4, -0.2) is 93.1 Å². The van der Waals surface area contributed by atoms with Gasteiger partial charge in [-0.15, -0.1) is 0 Å². The summed E-state index contributed by atoms with van der Waals surface area (Å²) >= 11 is 0. The minimum Gasteiger partial charge on any atom is -0.488 e. The summed E-state index contributed by atoms with van der Waals surface area (Å²) in [4.78, 5) is 71.1. The molecule has 3 aliphatic heterocycles. The maximum atomic E-state index is 13.6. The largest absolute Gasteiger partial charge is 0.488 e. The number of benzene rings is 2. The highest BCUT2D eigenvalue weighted by Crippen LogP contribution is 2.45. The van der Waals surface area contributed by atoms with Crippen LogP contribution in [-0.2, 0) is 38.5 Å². The summed E-state index contributed by atoms with van der Waals surface area (Å²) in [5, 5.41) is 5.29. The number of rotatable bonds is 8. The van der Waals surface area contributed by atoms with E-state index in [-0.39, 0.29) is 29.8 Å². The van der Waals surface area contributed by atoms with E-state index in [0.717, 1.165) is 101 Å². The molecular weight excluding hydrogens is 716 g/mol. The zero-order chi connectivity index (χ0) is 39.2. The quantitative estimate of drug-likeness (QED) is 0.178. The van der Waals surface area contributed by atoms with Crippen LogP contribution in [0.1, 0.15) is 87.0 Å². The third-order valence-electron chi connectivity index (χ3n) is 11.6. The zero-order valence-corrected chi connectivity index (χ0v) is 32.4. The Balaban J connectivity index is 1.01. The van der Waals surface area contributed by atoms with Gasteiger partial charge >= 0.3 is 12.2 Å². The molecule has 294 valence electrons. The maximum Gasteiger partial charge on any atom is 0.407 e. The predicted octanol–water partition coefficient (Wildman–Crippen LogP) is 5.58. The average molecular weight is 765 g/mol. The van der Waals surface area contributed by atoms with Crippen LogP contribution in [0.3, 0.4) is 0 Å². The van der Waals surface area contributed by atoms with E-state index in [9.17, 15) is 19.2 Å². The molecule has 1 aliphatic carbocycles. The molecule has 0 bridgehead atoms. The number of carbonyl (C=O) groups excluding carboxylic acids is 4. The number of hydrogen-bond acceptors (Lipinski definition) is 9. The summed E-state index contributed by atoms with van der Waals surface area (Å²) in [6.45, 7) is 7.06. The van der Waals surface area contributed by atoms with Crippen molar-refractivity contribution < 1.29 is 33.4 Å². The van der Waals surface area contributed by atoms with Crippen LogP contribution in [0.5, 0.6) is 5.75 Å². The molecule has 15 nitrogen and oxygen atoms in total. The number of imidazole rings is 2. The molecule has 4 aliphatic rings. The van der Waals surface area contributed by atoms with Gasteiger partial charge in [-0.05, 0) is 91.8 Å². The smallest absolute Gasteiger partial charge is 0.407 e. The number of aromatic nitrogens is 4. The third-order valence-corrected chi connectivity index (χ3v) is 11.6. The van der Waals surface area contributed by atoms with Crippen molar-refractivity contribution >= 4 is 24.0 Å². The first kappa shape index (κ1) is 37.1. The van der Waals surface area contributed by atoms with Crippen molar-refractivity contribution in [3.63, 3.8) is 0 Å². The molecule has 2 aromatic heterocycles. The third kappa shape index (κ3) is 6.72. The molecule has 15 heteroatoms. The molecule has 0 saturated carbocycles. The Morgan fingerprint density at radius 2 is 1.54 bits per heavy atom. The number of amides is 4. The summed E-state index contributed by atoms with van der Waals surface area (Å²) in [6.07, 6.45) is 5.44. The van der Waals surface area contributed by atoms with Crippen LogP contribution in [0.15, 0.2) is 36.5 Å². The number of aryl methyl sites for hydroxylation is 2. The zero-order valence-electron chi connectivity index (χ0n) is 32.4. The minimum atomic E-state index is -0.713. The highest BCUT2D eigenvalue weighted by Gasteiger charge is 2.39. The van der Waals surface area contributed by atoms with Crippen LogP contribution in [0, 0.1) is 5.92 Å². The number of nitrogens with one attached hydrogen (secondary N) is 4. The Kier molecular flexibility index (Phi) is 9.93. The first-order chi connectivity index (χ1) is 27.0. The van der Waals surface area contributed by atoms with Gasteiger partial charge in [-0.2, -0.15) is 0 Å². The Hall–Kier alpha value is -5.86. The van der Waals surface area contributed by atoms with Gasteiger partial charge < -0.3 is 44.6 Å². The number of fused-ring (bicyclic) bond motifs is 6. The fourth-order valence-electron chi connectivity index (χ4n) is 8.64. The molecule has 56 heavy (non-hydrogen) atoms. The maximum absolute atomic E-state index is 13.6. The Bertz CT molecular complexity index is 2190. The van der Waals surface area contributed by atoms with Crippen LogP contribution in [0.25, 0.3) is 33.6 Å². The number of carbonyl (C=O) groups is 4. The molecule has 2 saturated heterocycles. The highest BCUT2D eigenvalue weighted by molar-refractivity contribution is 5.87. The van der Waals surface area contributed by atoms with E-state index in [1.54, 1.807) is 11.8 Å². The summed E-state index contributed by atoms with van der Waals surface area (Å²) in [7, 11) is 2.57.